The molecule has 0 amide bonds. The number of hydrogen-bond donors (Lipinski definition) is 6. The van der Waals surface area contributed by atoms with Gasteiger partial charge in [-0.3, -0.25) is 4.79 Å². The molecule has 0 rings (SSSR count). The maximum atomic E-state index is 9.65. The van der Waals surface area contributed by atoms with Crippen molar-refractivity contribution in [3.63, 3.8) is 0 Å². The first-order chi connectivity index (χ1) is 5.83. The first kappa shape index (κ1) is 14.8. The van der Waals surface area contributed by atoms with Crippen molar-refractivity contribution in [1.82, 2.24) is 5.32 Å². The second kappa shape index (κ2) is 7.90. The van der Waals surface area contributed by atoms with Crippen LogP contribution in [0.5, 0.6) is 0 Å². The summed E-state index contributed by atoms with van der Waals surface area (Å²) in [6.45, 7) is -0.0354. The molecule has 0 aliphatic rings. The first-order valence-electron chi connectivity index (χ1n) is 3.52. The van der Waals surface area contributed by atoms with Crippen molar-refractivity contribution in [2.75, 3.05) is 13.7 Å². The second-order valence-electron chi connectivity index (χ2n) is 2.11. The van der Waals surface area contributed by atoms with E-state index in [1.54, 1.807) is 5.32 Å². The van der Waals surface area contributed by atoms with E-state index in [0.717, 1.165) is 0 Å². The fourth-order valence-electron chi connectivity index (χ4n) is 0.230. The lowest BCUT2D eigenvalue weighted by atomic mass is 10.3. The summed E-state index contributed by atoms with van der Waals surface area (Å²) < 4.78 is 0. The summed E-state index contributed by atoms with van der Waals surface area (Å²) in [6, 6.07) is 0. The van der Waals surface area contributed by atoms with Crippen LogP contribution in [0, 0.1) is 0 Å². The van der Waals surface area contributed by atoms with E-state index in [0.29, 0.717) is 6.42 Å². The molecule has 0 bridgehead atoms. The molecule has 0 aromatic heterocycles. The Balaban J connectivity index is 0. The zero-order valence-electron chi connectivity index (χ0n) is 7.27. The van der Waals surface area contributed by atoms with Gasteiger partial charge < -0.3 is 25.5 Å². The number of aliphatic hydroxyl groups is 4. The molecule has 80 valence electrons. The molecule has 7 nitrogen and oxygen atoms in total. The van der Waals surface area contributed by atoms with Crippen molar-refractivity contribution in [3.05, 3.63) is 0 Å². The Kier molecular flexibility index (Phi) is 8.97. The third-order valence-electron chi connectivity index (χ3n) is 0.884. The normalized spacial score (nSPS) is 10.2. The lowest BCUT2D eigenvalue weighted by molar-refractivity contribution is -0.328. The van der Waals surface area contributed by atoms with Gasteiger partial charge >= 0.3 is 12.1 Å². The van der Waals surface area contributed by atoms with Crippen LogP contribution in [0.15, 0.2) is 0 Å². The standard InChI is InChI=1S/C4H8O3.C2H7NO3/c5-3-1-2-4(6)7;1-3-2(4,5)6/h5H,1-3H2,(H,6,7);3-6H,1H3. The van der Waals surface area contributed by atoms with Gasteiger partial charge in [-0.15, -0.1) is 0 Å². The monoisotopic (exact) mass is 197 g/mol. The van der Waals surface area contributed by atoms with Crippen LogP contribution in [0.4, 0.5) is 0 Å². The minimum Gasteiger partial charge on any atom is -0.481 e. The molecule has 0 radical (unpaired) electrons. The largest absolute Gasteiger partial charge is 0.481 e. The van der Waals surface area contributed by atoms with Crippen LogP contribution >= 0.6 is 0 Å². The molecule has 0 aliphatic carbocycles. The number of rotatable bonds is 4. The number of nitrogens with one attached hydrogen (secondary N) is 1. The van der Waals surface area contributed by atoms with Gasteiger partial charge in [0.1, 0.15) is 0 Å². The molecule has 0 saturated carbocycles. The van der Waals surface area contributed by atoms with E-state index in [4.69, 9.17) is 25.5 Å². The molecule has 13 heavy (non-hydrogen) atoms. The third-order valence-corrected chi connectivity index (χ3v) is 0.884. The van der Waals surface area contributed by atoms with Gasteiger partial charge in [-0.1, -0.05) is 0 Å². The highest BCUT2D eigenvalue weighted by molar-refractivity contribution is 5.66. The highest BCUT2D eigenvalue weighted by Crippen LogP contribution is 1.83. The third kappa shape index (κ3) is 24.6. The summed E-state index contributed by atoms with van der Waals surface area (Å²) in [4.78, 5) is 9.65. The van der Waals surface area contributed by atoms with Crippen LogP contribution in [-0.4, -0.2) is 51.3 Å². The molecule has 7 heteroatoms. The van der Waals surface area contributed by atoms with Crippen molar-refractivity contribution in [2.45, 2.75) is 18.9 Å². The van der Waals surface area contributed by atoms with Gasteiger partial charge in [-0.25, -0.2) is 5.32 Å². The first-order valence-corrected chi connectivity index (χ1v) is 3.52. The second-order valence-corrected chi connectivity index (χ2v) is 2.11. The lowest BCUT2D eigenvalue weighted by Gasteiger charge is -2.09. The summed E-state index contributed by atoms with van der Waals surface area (Å²) in [5.74, 6) is -0.853. The molecule has 0 fully saturated rings. The van der Waals surface area contributed by atoms with Gasteiger partial charge in [0.25, 0.3) is 0 Å². The van der Waals surface area contributed by atoms with Crippen LogP contribution in [0.25, 0.3) is 0 Å². The van der Waals surface area contributed by atoms with E-state index in [1.807, 2.05) is 0 Å². The maximum Gasteiger partial charge on any atom is 0.342 e. The minimum atomic E-state index is -2.71. The van der Waals surface area contributed by atoms with E-state index < -0.39 is 12.1 Å². The molecule has 0 saturated heterocycles. The SMILES string of the molecule is CNC(O)(O)O.O=C(O)CCCO. The zero-order chi connectivity index (χ0) is 10.9. The van der Waals surface area contributed by atoms with E-state index in [1.165, 1.54) is 7.05 Å². The Bertz CT molecular complexity index is 132. The molecule has 0 aliphatic heterocycles. The van der Waals surface area contributed by atoms with E-state index in [2.05, 4.69) is 0 Å². The fourth-order valence-corrected chi connectivity index (χ4v) is 0.230. The van der Waals surface area contributed by atoms with Gasteiger partial charge in [0.05, 0.1) is 0 Å². The molecule has 6 N–H and O–H groups in total. The number of hydrogen-bond acceptors (Lipinski definition) is 6. The molecule has 0 aromatic carbocycles. The summed E-state index contributed by atoms with van der Waals surface area (Å²) in [5.41, 5.74) is 0. The Morgan fingerprint density at radius 2 is 1.77 bits per heavy atom. The van der Waals surface area contributed by atoms with Gasteiger partial charge in [-0.05, 0) is 13.5 Å². The molecular weight excluding hydrogens is 182 g/mol. The topological polar surface area (TPSA) is 130 Å². The number of aliphatic hydroxyl groups excluding tert-OH is 1. The molecule has 0 atom stereocenters. The van der Waals surface area contributed by atoms with Crippen molar-refractivity contribution < 1.29 is 30.3 Å². The lowest BCUT2D eigenvalue weighted by Crippen LogP contribution is -2.41. The number of carboxylic acids is 1. The van der Waals surface area contributed by atoms with E-state index in [-0.39, 0.29) is 13.0 Å². The highest BCUT2D eigenvalue weighted by Gasteiger charge is 2.11. The van der Waals surface area contributed by atoms with Crippen molar-refractivity contribution >= 4 is 5.97 Å². The van der Waals surface area contributed by atoms with E-state index >= 15 is 0 Å². The van der Waals surface area contributed by atoms with Crippen LogP contribution in [0.2, 0.25) is 0 Å². The fraction of sp³-hybridized carbons (Fsp3) is 0.833. The molecule has 0 heterocycles. The molecule has 0 spiro atoms. The number of aliphatic carboxylic acids is 1. The summed E-state index contributed by atoms with van der Waals surface area (Å²) in [5, 5.41) is 41.2. The van der Waals surface area contributed by atoms with Gasteiger partial charge in [0, 0.05) is 13.0 Å². The Morgan fingerprint density at radius 3 is 1.85 bits per heavy atom. The predicted molar refractivity (Wildman–Crippen MR) is 42.4 cm³/mol. The molecular formula is C6H15NO6. The van der Waals surface area contributed by atoms with Crippen LogP contribution in [0.3, 0.4) is 0 Å². The van der Waals surface area contributed by atoms with Crippen LogP contribution in [0.1, 0.15) is 12.8 Å². The smallest absolute Gasteiger partial charge is 0.342 e. The number of carbonyl (C=O) groups is 1. The highest BCUT2D eigenvalue weighted by atomic mass is 16.7. The zero-order valence-corrected chi connectivity index (χ0v) is 7.27. The summed E-state index contributed by atoms with van der Waals surface area (Å²) >= 11 is 0. The summed E-state index contributed by atoms with van der Waals surface area (Å²) in [7, 11) is 1.21. The van der Waals surface area contributed by atoms with Gasteiger partial charge in [-0.2, -0.15) is 0 Å². The van der Waals surface area contributed by atoms with Crippen LogP contribution < -0.4 is 5.32 Å². The van der Waals surface area contributed by atoms with Gasteiger partial charge in [0.15, 0.2) is 0 Å². The van der Waals surface area contributed by atoms with E-state index in [9.17, 15) is 4.79 Å². The minimum absolute atomic E-state index is 0.0354. The quantitative estimate of drug-likeness (QED) is 0.278. The Morgan fingerprint density at radius 1 is 1.38 bits per heavy atom. The van der Waals surface area contributed by atoms with Crippen molar-refractivity contribution in [3.8, 4) is 0 Å². The summed E-state index contributed by atoms with van der Waals surface area (Å²) in [6.07, 6.45) is -2.29. The Labute approximate surface area is 75.3 Å². The van der Waals surface area contributed by atoms with Crippen molar-refractivity contribution in [1.29, 1.82) is 0 Å². The van der Waals surface area contributed by atoms with Crippen LogP contribution in [-0.2, 0) is 4.79 Å². The van der Waals surface area contributed by atoms with Crippen molar-refractivity contribution in [2.24, 2.45) is 0 Å². The van der Waals surface area contributed by atoms with Gasteiger partial charge in [0.2, 0.25) is 0 Å². The average molecular weight is 197 g/mol. The average Bonchev–Trinajstić information content (AvgIpc) is 2.01. The molecule has 0 unspecified atom stereocenters. The predicted octanol–water partition coefficient (Wildman–Crippen LogP) is -2.36. The molecule has 0 aromatic rings. The maximum absolute atomic E-state index is 9.65. The number of carboxylic acid groups (broad SMARTS) is 1. The Hall–Kier alpha value is -0.730.